The van der Waals surface area contributed by atoms with E-state index in [2.05, 4.69) is 26.5 Å². The van der Waals surface area contributed by atoms with E-state index in [4.69, 9.17) is 11.6 Å². The lowest BCUT2D eigenvalue weighted by atomic mass is 10.0. The van der Waals surface area contributed by atoms with E-state index in [1.165, 1.54) is 37.4 Å². The van der Waals surface area contributed by atoms with Crippen LogP contribution >= 0.6 is 23.4 Å². The Balaban J connectivity index is 1.58. The van der Waals surface area contributed by atoms with Gasteiger partial charge in [-0.2, -0.15) is 11.8 Å². The zero-order valence-electron chi connectivity index (χ0n) is 11.1. The molecule has 2 fully saturated rings. The molecule has 0 spiro atoms. The highest BCUT2D eigenvalue weighted by atomic mass is 35.5. The van der Waals surface area contributed by atoms with Crippen molar-refractivity contribution in [2.75, 3.05) is 42.6 Å². The minimum Gasteiger partial charge on any atom is -0.355 e. The topological polar surface area (TPSA) is 19.4 Å². The molecule has 0 unspecified atom stereocenters. The summed E-state index contributed by atoms with van der Waals surface area (Å²) < 4.78 is 0. The molecule has 0 aromatic carbocycles. The second-order valence-corrected chi connectivity index (χ2v) is 6.81. The number of aromatic nitrogens is 1. The summed E-state index contributed by atoms with van der Waals surface area (Å²) in [6, 6.07) is 4.58. The Hall–Kier alpha value is -0.450. The van der Waals surface area contributed by atoms with Gasteiger partial charge in [-0.15, -0.1) is 0 Å². The third kappa shape index (κ3) is 3.18. The van der Waals surface area contributed by atoms with Crippen molar-refractivity contribution in [3.8, 4) is 0 Å². The van der Waals surface area contributed by atoms with E-state index in [1.54, 1.807) is 0 Å². The summed E-state index contributed by atoms with van der Waals surface area (Å²) in [5.74, 6) is 3.55. The van der Waals surface area contributed by atoms with E-state index in [-0.39, 0.29) is 0 Å². The molecule has 104 valence electrons. The molecule has 0 saturated carbocycles. The smallest absolute Gasteiger partial charge is 0.147 e. The van der Waals surface area contributed by atoms with Crippen LogP contribution in [0.5, 0.6) is 0 Å². The second-order valence-electron chi connectivity index (χ2n) is 5.18. The van der Waals surface area contributed by atoms with E-state index in [0.717, 1.165) is 30.0 Å². The highest BCUT2D eigenvalue weighted by molar-refractivity contribution is 7.99. The molecular formula is C14H20ClN3S. The van der Waals surface area contributed by atoms with Crippen molar-refractivity contribution in [2.45, 2.75) is 18.9 Å². The first-order valence-corrected chi connectivity index (χ1v) is 8.55. The van der Waals surface area contributed by atoms with Crippen LogP contribution in [0.1, 0.15) is 12.8 Å². The van der Waals surface area contributed by atoms with E-state index >= 15 is 0 Å². The predicted molar refractivity (Wildman–Crippen MR) is 83.4 cm³/mol. The number of hydrogen-bond donors (Lipinski definition) is 0. The summed E-state index contributed by atoms with van der Waals surface area (Å²) in [5.41, 5.74) is 0. The number of hydrogen-bond acceptors (Lipinski definition) is 4. The fourth-order valence-corrected chi connectivity index (χ4v) is 4.17. The molecule has 1 aromatic heterocycles. The summed E-state index contributed by atoms with van der Waals surface area (Å²) >= 11 is 8.31. The molecule has 0 atom stereocenters. The number of nitrogens with zero attached hydrogens (tertiary/aromatic N) is 3. The molecule has 2 aliphatic rings. The maximum absolute atomic E-state index is 6.23. The zero-order valence-corrected chi connectivity index (χ0v) is 12.7. The van der Waals surface area contributed by atoms with Crippen LogP contribution in [0.2, 0.25) is 5.02 Å². The minimum absolute atomic E-state index is 0.764. The highest BCUT2D eigenvalue weighted by Gasteiger charge is 2.26. The van der Waals surface area contributed by atoms with Crippen molar-refractivity contribution in [1.29, 1.82) is 0 Å². The molecule has 0 N–H and O–H groups in total. The monoisotopic (exact) mass is 297 g/mol. The summed E-state index contributed by atoms with van der Waals surface area (Å²) in [4.78, 5) is 9.42. The van der Waals surface area contributed by atoms with Crippen molar-refractivity contribution in [3.63, 3.8) is 0 Å². The quantitative estimate of drug-likeness (QED) is 0.836. The van der Waals surface area contributed by atoms with E-state index in [1.807, 2.05) is 18.3 Å². The number of thioether (sulfide) groups is 1. The van der Waals surface area contributed by atoms with Crippen LogP contribution in [0.3, 0.4) is 0 Å². The number of rotatable bonds is 2. The first kappa shape index (κ1) is 13.5. The zero-order chi connectivity index (χ0) is 13.1. The maximum Gasteiger partial charge on any atom is 0.147 e. The van der Waals surface area contributed by atoms with Gasteiger partial charge in [0.2, 0.25) is 0 Å². The fraction of sp³-hybridized carbons (Fsp3) is 0.643. The first-order valence-electron chi connectivity index (χ1n) is 7.02. The minimum atomic E-state index is 0.764. The van der Waals surface area contributed by atoms with Crippen LogP contribution in [-0.2, 0) is 0 Å². The molecule has 5 heteroatoms. The standard InChI is InChI=1S/C14H20ClN3S/c15-13-2-1-5-16-14(13)18-6-3-12(4-7-18)17-8-10-19-11-9-17/h1-2,5,12H,3-4,6-11H2. The molecule has 0 aliphatic carbocycles. The van der Waals surface area contributed by atoms with Gasteiger partial charge in [0.25, 0.3) is 0 Å². The molecule has 2 saturated heterocycles. The summed E-state index contributed by atoms with van der Waals surface area (Å²) in [7, 11) is 0. The van der Waals surface area contributed by atoms with Crippen LogP contribution in [0.15, 0.2) is 18.3 Å². The summed E-state index contributed by atoms with van der Waals surface area (Å²) in [5, 5.41) is 0.773. The fourth-order valence-electron chi connectivity index (χ4n) is 3.00. The Bertz CT molecular complexity index is 415. The normalized spacial score (nSPS) is 22.7. The lowest BCUT2D eigenvalue weighted by Crippen LogP contribution is -2.48. The van der Waals surface area contributed by atoms with Gasteiger partial charge in [0.05, 0.1) is 5.02 Å². The Labute approximate surface area is 124 Å². The molecule has 0 bridgehead atoms. The lowest BCUT2D eigenvalue weighted by molar-refractivity contribution is 0.185. The molecular weight excluding hydrogens is 278 g/mol. The predicted octanol–water partition coefficient (Wildman–Crippen LogP) is 2.75. The van der Waals surface area contributed by atoms with Gasteiger partial charge in [0.15, 0.2) is 0 Å². The second kappa shape index (κ2) is 6.33. The summed E-state index contributed by atoms with van der Waals surface area (Å²) in [6.45, 7) is 4.68. The van der Waals surface area contributed by atoms with E-state index < -0.39 is 0 Å². The summed E-state index contributed by atoms with van der Waals surface area (Å²) in [6.07, 6.45) is 4.30. The van der Waals surface area contributed by atoms with Gasteiger partial charge in [0, 0.05) is 49.9 Å². The molecule has 2 aliphatic heterocycles. The number of piperidine rings is 1. The highest BCUT2D eigenvalue weighted by Crippen LogP contribution is 2.27. The van der Waals surface area contributed by atoms with Gasteiger partial charge in [-0.3, -0.25) is 4.90 Å². The van der Waals surface area contributed by atoms with Gasteiger partial charge in [-0.25, -0.2) is 4.98 Å². The van der Waals surface area contributed by atoms with Crippen LogP contribution < -0.4 is 4.90 Å². The third-order valence-corrected chi connectivity index (χ3v) is 5.30. The Morgan fingerprint density at radius 3 is 2.58 bits per heavy atom. The van der Waals surface area contributed by atoms with E-state index in [9.17, 15) is 0 Å². The van der Waals surface area contributed by atoms with Crippen LogP contribution in [-0.4, -0.2) is 53.6 Å². The van der Waals surface area contributed by atoms with Gasteiger partial charge < -0.3 is 4.90 Å². The Kier molecular flexibility index (Phi) is 4.51. The molecule has 0 amide bonds. The van der Waals surface area contributed by atoms with E-state index in [0.29, 0.717) is 0 Å². The largest absolute Gasteiger partial charge is 0.355 e. The van der Waals surface area contributed by atoms with Crippen LogP contribution in [0.25, 0.3) is 0 Å². The first-order chi connectivity index (χ1) is 9.34. The van der Waals surface area contributed by atoms with Crippen molar-refractivity contribution in [2.24, 2.45) is 0 Å². The number of halogens is 1. The Morgan fingerprint density at radius 2 is 1.89 bits per heavy atom. The maximum atomic E-state index is 6.23. The van der Waals surface area contributed by atoms with Gasteiger partial charge >= 0.3 is 0 Å². The molecule has 3 nitrogen and oxygen atoms in total. The molecule has 0 radical (unpaired) electrons. The molecule has 19 heavy (non-hydrogen) atoms. The van der Waals surface area contributed by atoms with Crippen LogP contribution in [0.4, 0.5) is 5.82 Å². The van der Waals surface area contributed by atoms with Crippen molar-refractivity contribution < 1.29 is 0 Å². The average molecular weight is 298 g/mol. The van der Waals surface area contributed by atoms with Gasteiger partial charge in [-0.1, -0.05) is 11.6 Å². The van der Waals surface area contributed by atoms with Crippen molar-refractivity contribution in [1.82, 2.24) is 9.88 Å². The van der Waals surface area contributed by atoms with Crippen molar-refractivity contribution in [3.05, 3.63) is 23.4 Å². The number of pyridine rings is 1. The Morgan fingerprint density at radius 1 is 1.16 bits per heavy atom. The molecule has 3 rings (SSSR count). The van der Waals surface area contributed by atoms with Crippen LogP contribution in [0, 0.1) is 0 Å². The lowest BCUT2D eigenvalue weighted by Gasteiger charge is -2.40. The van der Waals surface area contributed by atoms with Gasteiger partial charge in [-0.05, 0) is 25.0 Å². The van der Waals surface area contributed by atoms with Gasteiger partial charge in [0.1, 0.15) is 5.82 Å². The van der Waals surface area contributed by atoms with Crippen molar-refractivity contribution >= 4 is 29.2 Å². The SMILES string of the molecule is Clc1cccnc1N1CCC(N2CCSCC2)CC1. The third-order valence-electron chi connectivity index (χ3n) is 4.07. The molecule has 1 aromatic rings. The number of anilines is 1. The molecule has 3 heterocycles. The average Bonchev–Trinajstić information content (AvgIpc) is 2.49.